The molecule has 0 aliphatic carbocycles. The molecule has 1 saturated heterocycles. The molecule has 1 aliphatic rings. The summed E-state index contributed by atoms with van der Waals surface area (Å²) in [5.74, 6) is -0.175. The fourth-order valence-electron chi connectivity index (χ4n) is 3.55. The van der Waals surface area contributed by atoms with Crippen LogP contribution in [0.15, 0.2) is 54.6 Å². The van der Waals surface area contributed by atoms with E-state index in [1.54, 1.807) is 0 Å². The molecule has 1 atom stereocenters. The van der Waals surface area contributed by atoms with E-state index in [4.69, 9.17) is 4.74 Å². The van der Waals surface area contributed by atoms with Crippen molar-refractivity contribution in [1.82, 2.24) is 15.5 Å². The van der Waals surface area contributed by atoms with E-state index in [2.05, 4.69) is 20.9 Å². The Morgan fingerprint density at radius 3 is 2.48 bits per heavy atom. The number of rotatable bonds is 9. The Kier molecular flexibility index (Phi) is 8.87. The number of nitrogens with zero attached hydrogens (tertiary/aromatic N) is 1. The number of morpholine rings is 1. The highest BCUT2D eigenvalue weighted by molar-refractivity contribution is 5.94. The molecule has 1 heterocycles. The van der Waals surface area contributed by atoms with Crippen LogP contribution < -0.4 is 16.0 Å². The van der Waals surface area contributed by atoms with Gasteiger partial charge in [0.25, 0.3) is 0 Å². The quantitative estimate of drug-likeness (QED) is 0.541. The zero-order valence-electron chi connectivity index (χ0n) is 18.1. The molecule has 1 unspecified atom stereocenters. The first-order valence-electron chi connectivity index (χ1n) is 10.9. The van der Waals surface area contributed by atoms with Crippen molar-refractivity contribution in [2.75, 3.05) is 44.7 Å². The van der Waals surface area contributed by atoms with Gasteiger partial charge in [-0.3, -0.25) is 9.69 Å². The highest BCUT2D eigenvalue weighted by Gasteiger charge is 2.21. The number of para-hydroxylation sites is 1. The lowest BCUT2D eigenvalue weighted by Crippen LogP contribution is -2.49. The van der Waals surface area contributed by atoms with E-state index < -0.39 is 12.1 Å². The minimum absolute atomic E-state index is 0.175. The topological polar surface area (TPSA) is 82.7 Å². The minimum atomic E-state index is -0.658. The minimum Gasteiger partial charge on any atom is -0.379 e. The summed E-state index contributed by atoms with van der Waals surface area (Å²) in [5, 5.41) is 8.67. The van der Waals surface area contributed by atoms with Crippen molar-refractivity contribution >= 4 is 17.6 Å². The van der Waals surface area contributed by atoms with E-state index in [0.717, 1.165) is 56.1 Å². The summed E-state index contributed by atoms with van der Waals surface area (Å²) >= 11 is 0. The second-order valence-electron chi connectivity index (χ2n) is 7.75. The lowest BCUT2D eigenvalue weighted by Gasteiger charge is -2.26. The van der Waals surface area contributed by atoms with Crippen LogP contribution in [0.4, 0.5) is 10.5 Å². The van der Waals surface area contributed by atoms with Crippen molar-refractivity contribution in [2.45, 2.75) is 25.8 Å². The highest BCUT2D eigenvalue weighted by Crippen LogP contribution is 2.13. The number of carbonyl (C=O) groups excluding carboxylic acids is 2. The molecular formula is C24H32N4O3. The third kappa shape index (κ3) is 7.70. The summed E-state index contributed by atoms with van der Waals surface area (Å²) < 4.78 is 5.36. The molecule has 3 N–H and O–H groups in total. The summed E-state index contributed by atoms with van der Waals surface area (Å²) in [6.07, 6.45) is 1.29. The maximum Gasteiger partial charge on any atom is 0.319 e. The molecule has 166 valence electrons. The standard InChI is InChI=1S/C24H32N4O3/c1-19-8-5-6-11-21(19)26-24(30)27-22(18-20-9-3-2-4-10-20)23(29)25-12-7-13-28-14-16-31-17-15-28/h2-6,8-11,22H,7,12-18H2,1H3,(H,25,29)(H2,26,27,30). The van der Waals surface area contributed by atoms with Crippen LogP contribution in [-0.4, -0.2) is 62.3 Å². The normalized spacial score (nSPS) is 15.1. The lowest BCUT2D eigenvalue weighted by molar-refractivity contribution is -0.122. The van der Waals surface area contributed by atoms with Crippen molar-refractivity contribution in [3.05, 3.63) is 65.7 Å². The van der Waals surface area contributed by atoms with E-state index in [1.807, 2.05) is 61.5 Å². The summed E-state index contributed by atoms with van der Waals surface area (Å²) in [5.41, 5.74) is 2.68. The van der Waals surface area contributed by atoms with Gasteiger partial charge in [-0.1, -0.05) is 48.5 Å². The zero-order valence-corrected chi connectivity index (χ0v) is 18.1. The Bertz CT molecular complexity index is 838. The molecule has 7 heteroatoms. The fourth-order valence-corrected chi connectivity index (χ4v) is 3.55. The highest BCUT2D eigenvalue weighted by atomic mass is 16.5. The van der Waals surface area contributed by atoms with E-state index in [9.17, 15) is 9.59 Å². The van der Waals surface area contributed by atoms with Gasteiger partial charge in [0.2, 0.25) is 5.91 Å². The van der Waals surface area contributed by atoms with Crippen LogP contribution in [0.2, 0.25) is 0 Å². The number of anilines is 1. The van der Waals surface area contributed by atoms with Crippen LogP contribution in [0.25, 0.3) is 0 Å². The third-order valence-electron chi connectivity index (χ3n) is 5.35. The average Bonchev–Trinajstić information content (AvgIpc) is 2.79. The van der Waals surface area contributed by atoms with Gasteiger partial charge in [-0.15, -0.1) is 0 Å². The van der Waals surface area contributed by atoms with Crippen molar-refractivity contribution in [1.29, 1.82) is 0 Å². The van der Waals surface area contributed by atoms with Crippen molar-refractivity contribution in [2.24, 2.45) is 0 Å². The summed E-state index contributed by atoms with van der Waals surface area (Å²) in [4.78, 5) is 27.8. The summed E-state index contributed by atoms with van der Waals surface area (Å²) in [6.45, 7) is 6.84. The van der Waals surface area contributed by atoms with Gasteiger partial charge in [-0.05, 0) is 37.1 Å². The van der Waals surface area contributed by atoms with Gasteiger partial charge in [0.05, 0.1) is 13.2 Å². The fraction of sp³-hybridized carbons (Fsp3) is 0.417. The first-order valence-corrected chi connectivity index (χ1v) is 10.9. The first-order chi connectivity index (χ1) is 15.1. The van der Waals surface area contributed by atoms with Gasteiger partial charge in [0, 0.05) is 31.7 Å². The Labute approximate surface area is 184 Å². The van der Waals surface area contributed by atoms with Crippen LogP contribution >= 0.6 is 0 Å². The SMILES string of the molecule is Cc1ccccc1NC(=O)NC(Cc1ccccc1)C(=O)NCCCN1CCOCC1. The number of nitrogens with one attached hydrogen (secondary N) is 3. The Morgan fingerprint density at radius 2 is 1.74 bits per heavy atom. The van der Waals surface area contributed by atoms with Crippen molar-refractivity contribution < 1.29 is 14.3 Å². The molecule has 0 aromatic heterocycles. The third-order valence-corrected chi connectivity index (χ3v) is 5.35. The summed E-state index contributed by atoms with van der Waals surface area (Å²) in [7, 11) is 0. The van der Waals surface area contributed by atoms with Gasteiger partial charge in [-0.2, -0.15) is 0 Å². The van der Waals surface area contributed by atoms with Gasteiger partial charge >= 0.3 is 6.03 Å². The number of aryl methyl sites for hydroxylation is 1. The Hall–Kier alpha value is -2.90. The average molecular weight is 425 g/mol. The second-order valence-corrected chi connectivity index (χ2v) is 7.75. The van der Waals surface area contributed by atoms with Gasteiger partial charge in [-0.25, -0.2) is 4.79 Å². The molecule has 0 radical (unpaired) electrons. The molecule has 2 aromatic carbocycles. The molecule has 31 heavy (non-hydrogen) atoms. The van der Waals surface area contributed by atoms with E-state index >= 15 is 0 Å². The lowest BCUT2D eigenvalue weighted by atomic mass is 10.1. The number of carbonyl (C=O) groups is 2. The summed E-state index contributed by atoms with van der Waals surface area (Å²) in [6, 6.07) is 16.2. The molecule has 7 nitrogen and oxygen atoms in total. The van der Waals surface area contributed by atoms with Crippen LogP contribution in [0.3, 0.4) is 0 Å². The van der Waals surface area contributed by atoms with Crippen LogP contribution in [-0.2, 0) is 16.0 Å². The van der Waals surface area contributed by atoms with Crippen LogP contribution in [0, 0.1) is 6.92 Å². The molecule has 2 aromatic rings. The first kappa shape index (κ1) is 22.8. The second kappa shape index (κ2) is 12.1. The van der Waals surface area contributed by atoms with Gasteiger partial charge in [0.15, 0.2) is 0 Å². The molecule has 0 spiro atoms. The van der Waals surface area contributed by atoms with E-state index in [0.29, 0.717) is 13.0 Å². The number of benzene rings is 2. The number of urea groups is 1. The maximum absolute atomic E-state index is 12.9. The van der Waals surface area contributed by atoms with Crippen LogP contribution in [0.5, 0.6) is 0 Å². The molecule has 3 rings (SSSR count). The van der Waals surface area contributed by atoms with Crippen molar-refractivity contribution in [3.8, 4) is 0 Å². The molecule has 1 fully saturated rings. The van der Waals surface area contributed by atoms with E-state index in [1.165, 1.54) is 0 Å². The van der Waals surface area contributed by atoms with Crippen LogP contribution in [0.1, 0.15) is 17.5 Å². The van der Waals surface area contributed by atoms with Crippen molar-refractivity contribution in [3.63, 3.8) is 0 Å². The maximum atomic E-state index is 12.9. The molecule has 1 aliphatic heterocycles. The zero-order chi connectivity index (χ0) is 21.9. The molecule has 0 saturated carbocycles. The predicted octanol–water partition coefficient (Wildman–Crippen LogP) is 2.57. The monoisotopic (exact) mass is 424 g/mol. The number of hydrogen-bond acceptors (Lipinski definition) is 4. The van der Waals surface area contributed by atoms with Gasteiger partial charge in [0.1, 0.15) is 6.04 Å². The largest absolute Gasteiger partial charge is 0.379 e. The Balaban J connectivity index is 1.54. The molecular weight excluding hydrogens is 392 g/mol. The van der Waals surface area contributed by atoms with E-state index in [-0.39, 0.29) is 5.91 Å². The Morgan fingerprint density at radius 1 is 1.03 bits per heavy atom. The number of ether oxygens (including phenoxy) is 1. The van der Waals surface area contributed by atoms with Gasteiger partial charge < -0.3 is 20.7 Å². The predicted molar refractivity (Wildman–Crippen MR) is 122 cm³/mol. The smallest absolute Gasteiger partial charge is 0.319 e. The number of amides is 3. The number of hydrogen-bond donors (Lipinski definition) is 3. The molecule has 3 amide bonds. The molecule has 0 bridgehead atoms.